The van der Waals surface area contributed by atoms with Gasteiger partial charge in [-0.25, -0.2) is 0 Å². The van der Waals surface area contributed by atoms with Gasteiger partial charge in [0.1, 0.15) is 11.5 Å². The van der Waals surface area contributed by atoms with Crippen molar-refractivity contribution in [2.24, 2.45) is 0 Å². The first-order valence-corrected chi connectivity index (χ1v) is 10.3. The summed E-state index contributed by atoms with van der Waals surface area (Å²) in [5.41, 5.74) is 1.68. The van der Waals surface area contributed by atoms with Gasteiger partial charge in [0.25, 0.3) is 5.91 Å². The zero-order chi connectivity index (χ0) is 24.7. The standard InChI is InChI=1S/C24H25N5O3/c1-29(24(30)19-13-11-18(12-14-19)21-9-6-16-32-21)17-20-7-2-3-8-22(20)31-15-5-4-10-23-25-27-28-26-23/h2-3,6-9,11-14,16H,4-5,10,15,17H2,1H3,(H,25,26,27,28)/i1D3. The predicted molar refractivity (Wildman–Crippen MR) is 119 cm³/mol. The SMILES string of the molecule is [2H]C([2H])([2H])N(Cc1ccccc1OCCCCc1nn[nH]n1)C(=O)c1ccc(-c2ccco2)cc1. The number of benzene rings is 2. The van der Waals surface area contributed by atoms with E-state index in [1.165, 1.54) is 0 Å². The molecule has 4 rings (SSSR count). The molecule has 8 heteroatoms. The lowest BCUT2D eigenvalue weighted by Crippen LogP contribution is -2.26. The lowest BCUT2D eigenvalue weighted by atomic mass is 10.1. The van der Waals surface area contributed by atoms with Crippen LogP contribution < -0.4 is 4.74 Å². The molecule has 0 aliphatic carbocycles. The van der Waals surface area contributed by atoms with E-state index in [4.69, 9.17) is 13.3 Å². The highest BCUT2D eigenvalue weighted by atomic mass is 16.5. The van der Waals surface area contributed by atoms with Crippen LogP contribution in [0.3, 0.4) is 0 Å². The number of aryl methyl sites for hydroxylation is 1. The van der Waals surface area contributed by atoms with Crippen LogP contribution in [0, 0.1) is 0 Å². The van der Waals surface area contributed by atoms with Crippen LogP contribution in [-0.2, 0) is 13.0 Å². The minimum atomic E-state index is -2.63. The second-order valence-corrected chi connectivity index (χ2v) is 7.19. The average Bonchev–Trinajstić information content (AvgIpc) is 3.57. The van der Waals surface area contributed by atoms with Crippen LogP contribution in [0.15, 0.2) is 71.3 Å². The molecule has 32 heavy (non-hydrogen) atoms. The third kappa shape index (κ3) is 5.40. The lowest BCUT2D eigenvalue weighted by molar-refractivity contribution is 0.0784. The van der Waals surface area contributed by atoms with Crippen LogP contribution in [0.25, 0.3) is 11.3 Å². The van der Waals surface area contributed by atoms with E-state index >= 15 is 0 Å². The molecule has 164 valence electrons. The maximum absolute atomic E-state index is 13.2. The second-order valence-electron chi connectivity index (χ2n) is 7.19. The van der Waals surface area contributed by atoms with Crippen molar-refractivity contribution in [2.75, 3.05) is 13.6 Å². The Morgan fingerprint density at radius 3 is 2.75 bits per heavy atom. The summed E-state index contributed by atoms with van der Waals surface area (Å²) in [6.45, 7) is -2.31. The zero-order valence-corrected chi connectivity index (χ0v) is 17.4. The van der Waals surface area contributed by atoms with Crippen molar-refractivity contribution >= 4 is 5.91 Å². The van der Waals surface area contributed by atoms with Crippen molar-refractivity contribution < 1.29 is 18.1 Å². The topological polar surface area (TPSA) is 97.1 Å². The summed E-state index contributed by atoms with van der Waals surface area (Å²) in [5.74, 6) is 1.27. The van der Waals surface area contributed by atoms with Gasteiger partial charge in [-0.15, -0.1) is 10.2 Å². The summed E-state index contributed by atoms with van der Waals surface area (Å²) in [6, 6.07) is 17.4. The Hall–Kier alpha value is -3.94. The Morgan fingerprint density at radius 1 is 1.12 bits per heavy atom. The van der Waals surface area contributed by atoms with E-state index in [1.807, 2.05) is 12.1 Å². The molecule has 1 N–H and O–H groups in total. The number of carbonyl (C=O) groups excluding carboxylic acids is 1. The molecule has 0 radical (unpaired) electrons. The maximum Gasteiger partial charge on any atom is 0.253 e. The van der Waals surface area contributed by atoms with Gasteiger partial charge < -0.3 is 14.1 Å². The molecular formula is C24H25N5O3. The molecular weight excluding hydrogens is 406 g/mol. The molecule has 4 aromatic rings. The number of tetrazole rings is 1. The van der Waals surface area contributed by atoms with E-state index in [0.29, 0.717) is 35.9 Å². The molecule has 1 amide bonds. The number of hydrogen-bond acceptors (Lipinski definition) is 6. The fourth-order valence-corrected chi connectivity index (χ4v) is 3.25. The molecule has 0 aliphatic heterocycles. The smallest absolute Gasteiger partial charge is 0.253 e. The second kappa shape index (κ2) is 10.4. The van der Waals surface area contributed by atoms with Crippen LogP contribution >= 0.6 is 0 Å². The number of carbonyl (C=O) groups is 1. The predicted octanol–water partition coefficient (Wildman–Crippen LogP) is 4.13. The summed E-state index contributed by atoms with van der Waals surface area (Å²) in [5, 5.41) is 13.8. The van der Waals surface area contributed by atoms with Gasteiger partial charge >= 0.3 is 0 Å². The van der Waals surface area contributed by atoms with Crippen molar-refractivity contribution in [3.63, 3.8) is 0 Å². The molecule has 2 aromatic carbocycles. The molecule has 0 atom stereocenters. The number of para-hydroxylation sites is 1. The molecule has 0 unspecified atom stereocenters. The Labute approximate surface area is 190 Å². The number of unbranched alkanes of at least 4 members (excludes halogenated alkanes) is 1. The van der Waals surface area contributed by atoms with Crippen LogP contribution in [0.1, 0.15) is 38.7 Å². The number of aromatic amines is 1. The number of H-pyrrole nitrogens is 1. The monoisotopic (exact) mass is 434 g/mol. The van der Waals surface area contributed by atoms with Crippen LogP contribution in [0.5, 0.6) is 5.75 Å². The summed E-state index contributed by atoms with van der Waals surface area (Å²) in [7, 11) is 0. The third-order valence-electron chi connectivity index (χ3n) is 4.93. The number of amides is 1. The fraction of sp³-hybridized carbons (Fsp3) is 0.250. The van der Waals surface area contributed by atoms with Crippen molar-refractivity contribution in [2.45, 2.75) is 25.8 Å². The summed E-state index contributed by atoms with van der Waals surface area (Å²) in [4.78, 5) is 14.1. The van der Waals surface area contributed by atoms with Gasteiger partial charge in [-0.05, 0) is 43.2 Å². The van der Waals surface area contributed by atoms with Crippen LogP contribution in [0.4, 0.5) is 0 Å². The van der Waals surface area contributed by atoms with E-state index in [0.717, 1.165) is 23.3 Å². The number of ether oxygens (including phenoxy) is 1. The normalized spacial score (nSPS) is 12.6. The highest BCUT2D eigenvalue weighted by Gasteiger charge is 2.15. The molecule has 0 fully saturated rings. The van der Waals surface area contributed by atoms with Crippen molar-refractivity contribution in [1.82, 2.24) is 25.5 Å². The molecule has 0 saturated carbocycles. The molecule has 0 saturated heterocycles. The van der Waals surface area contributed by atoms with E-state index in [1.54, 1.807) is 54.8 Å². The minimum absolute atomic E-state index is 0.117. The van der Waals surface area contributed by atoms with E-state index < -0.39 is 12.9 Å². The van der Waals surface area contributed by atoms with Gasteiger partial charge in [0.2, 0.25) is 0 Å². The van der Waals surface area contributed by atoms with Gasteiger partial charge in [-0.3, -0.25) is 4.79 Å². The quantitative estimate of drug-likeness (QED) is 0.377. The van der Waals surface area contributed by atoms with E-state index in [-0.39, 0.29) is 12.1 Å². The van der Waals surface area contributed by atoms with Crippen molar-refractivity contribution in [3.05, 3.63) is 83.9 Å². The Kier molecular flexibility index (Phi) is 5.75. The summed E-state index contributed by atoms with van der Waals surface area (Å²) < 4.78 is 35.2. The fourth-order valence-electron chi connectivity index (χ4n) is 3.25. The Morgan fingerprint density at radius 2 is 2.00 bits per heavy atom. The van der Waals surface area contributed by atoms with Gasteiger partial charge in [0, 0.05) is 40.7 Å². The van der Waals surface area contributed by atoms with Gasteiger partial charge in [-0.1, -0.05) is 35.5 Å². The van der Waals surface area contributed by atoms with E-state index in [9.17, 15) is 4.79 Å². The van der Waals surface area contributed by atoms with E-state index in [2.05, 4.69) is 20.6 Å². The highest BCUT2D eigenvalue weighted by Crippen LogP contribution is 2.23. The molecule has 0 bridgehead atoms. The highest BCUT2D eigenvalue weighted by molar-refractivity contribution is 5.94. The third-order valence-corrected chi connectivity index (χ3v) is 4.93. The van der Waals surface area contributed by atoms with Gasteiger partial charge in [-0.2, -0.15) is 5.21 Å². The van der Waals surface area contributed by atoms with Crippen LogP contribution in [-0.4, -0.2) is 45.0 Å². The minimum Gasteiger partial charge on any atom is -0.493 e. The zero-order valence-electron chi connectivity index (χ0n) is 20.4. The molecule has 2 heterocycles. The van der Waals surface area contributed by atoms with Crippen molar-refractivity contribution in [1.29, 1.82) is 0 Å². The number of hydrogen-bond donors (Lipinski definition) is 1. The largest absolute Gasteiger partial charge is 0.493 e. The molecule has 0 spiro atoms. The summed E-state index contributed by atoms with van der Waals surface area (Å²) >= 11 is 0. The first kappa shape index (κ1) is 17.7. The number of nitrogens with zero attached hydrogens (tertiary/aromatic N) is 4. The van der Waals surface area contributed by atoms with Crippen LogP contribution in [0.2, 0.25) is 0 Å². The summed E-state index contributed by atoms with van der Waals surface area (Å²) in [6.07, 6.45) is 3.82. The van der Waals surface area contributed by atoms with Gasteiger partial charge in [0.15, 0.2) is 5.82 Å². The molecule has 0 aliphatic rings. The van der Waals surface area contributed by atoms with Crippen molar-refractivity contribution in [3.8, 4) is 17.1 Å². The molecule has 2 aromatic heterocycles. The number of aromatic nitrogens is 4. The first-order valence-electron chi connectivity index (χ1n) is 11.8. The average molecular weight is 435 g/mol. The Bertz CT molecular complexity index is 1210. The number of rotatable bonds is 10. The molecule has 8 nitrogen and oxygen atoms in total. The van der Waals surface area contributed by atoms with Gasteiger partial charge in [0.05, 0.1) is 12.9 Å². The Balaban J connectivity index is 1.42. The maximum atomic E-state index is 13.2. The first-order chi connectivity index (χ1) is 16.9. The number of nitrogens with one attached hydrogen (secondary N) is 1. The lowest BCUT2D eigenvalue weighted by Gasteiger charge is -2.19. The number of furan rings is 1.